The van der Waals surface area contributed by atoms with Crippen molar-refractivity contribution in [1.29, 1.82) is 5.26 Å². The average Bonchev–Trinajstić information content (AvgIpc) is 3.71. The average molecular weight is 586 g/mol. The summed E-state index contributed by atoms with van der Waals surface area (Å²) >= 11 is 1.46. The van der Waals surface area contributed by atoms with Crippen LogP contribution in [0.15, 0.2) is 82.3 Å². The van der Waals surface area contributed by atoms with E-state index in [2.05, 4.69) is 39.5 Å². The number of rotatable bonds is 11. The summed E-state index contributed by atoms with van der Waals surface area (Å²) in [5.41, 5.74) is 3.78. The van der Waals surface area contributed by atoms with Crippen LogP contribution in [0.4, 0.5) is 0 Å². The van der Waals surface area contributed by atoms with E-state index in [9.17, 15) is 14.9 Å². The van der Waals surface area contributed by atoms with Crippen LogP contribution in [0.5, 0.6) is 0 Å². The summed E-state index contributed by atoms with van der Waals surface area (Å²) in [6.45, 7) is 4.08. The molecular formula is C32H35N5O4S. The van der Waals surface area contributed by atoms with Crippen molar-refractivity contribution in [3.05, 3.63) is 94.9 Å². The first kappa shape index (κ1) is 29.5. The van der Waals surface area contributed by atoms with E-state index in [-0.39, 0.29) is 11.7 Å². The molecule has 2 aromatic heterocycles. The molecule has 9 nitrogen and oxygen atoms in total. The Bertz CT molecular complexity index is 1410. The van der Waals surface area contributed by atoms with Crippen molar-refractivity contribution in [2.24, 2.45) is 0 Å². The first-order chi connectivity index (χ1) is 20.5. The van der Waals surface area contributed by atoms with Crippen LogP contribution >= 0.6 is 11.3 Å². The molecular weight excluding hydrogens is 550 g/mol. The Morgan fingerprint density at radius 2 is 2.05 bits per heavy atom. The predicted molar refractivity (Wildman–Crippen MR) is 161 cm³/mol. The molecule has 0 saturated carbocycles. The normalized spacial score (nSPS) is 19.9. The van der Waals surface area contributed by atoms with Gasteiger partial charge in [-0.25, -0.2) is 4.98 Å². The fraction of sp³-hybridized carbons (Fsp3) is 0.375. The number of allylic oxidation sites excluding steroid dienone is 2. The third-order valence-corrected chi connectivity index (χ3v) is 8.21. The number of carbonyl (C=O) groups is 2. The molecule has 0 radical (unpaired) electrons. The number of thiazole rings is 1. The lowest BCUT2D eigenvalue weighted by molar-refractivity contribution is -0.133. The Morgan fingerprint density at radius 1 is 1.17 bits per heavy atom. The topological polar surface area (TPSA) is 112 Å². The highest BCUT2D eigenvalue weighted by atomic mass is 32.1. The first-order valence-electron chi connectivity index (χ1n) is 14.3. The summed E-state index contributed by atoms with van der Waals surface area (Å²) in [6.07, 6.45) is 9.81. The van der Waals surface area contributed by atoms with Crippen LogP contribution in [0.1, 0.15) is 41.1 Å². The molecule has 218 valence electrons. The van der Waals surface area contributed by atoms with Crippen LogP contribution in [-0.2, 0) is 16.0 Å². The molecule has 0 bridgehead atoms. The number of carbonyl (C=O) groups excluding carboxylic acids is 2. The SMILES string of the molecule is N#CC1(OCCCN2CCCN(C(=O)[C@@H](Cc3cscn3)NC(=O)c3ccco3)CC2)C=CC(c2ccccc2)=CC1. The van der Waals surface area contributed by atoms with Gasteiger partial charge in [0, 0.05) is 44.4 Å². The van der Waals surface area contributed by atoms with Gasteiger partial charge in [-0.15, -0.1) is 11.3 Å². The van der Waals surface area contributed by atoms with Crippen LogP contribution in [-0.4, -0.2) is 77.6 Å². The Hall–Kier alpha value is -4.04. The zero-order valence-corrected chi connectivity index (χ0v) is 24.3. The standard InChI is InChI=1S/C32H35N5O4S/c33-23-32(12-10-26(11-13-32)25-7-2-1-3-8-25)41-20-6-15-36-14-5-16-37(18-17-36)31(39)28(21-27-22-42-24-34-27)35-30(38)29-9-4-19-40-29/h1-4,7-12,19,22,24,28H,5-6,13-18,20-21H2,(H,35,38)/t28-,32?/m1/s1. The molecule has 0 spiro atoms. The van der Waals surface area contributed by atoms with Crippen molar-refractivity contribution in [2.45, 2.75) is 37.3 Å². The minimum Gasteiger partial charge on any atom is -0.459 e. The fourth-order valence-corrected chi connectivity index (χ4v) is 5.82. The quantitative estimate of drug-likeness (QED) is 0.334. The molecule has 1 fully saturated rings. The second kappa shape index (κ2) is 14.2. The molecule has 1 aliphatic heterocycles. The summed E-state index contributed by atoms with van der Waals surface area (Å²) in [4.78, 5) is 34.8. The number of nitrogens with one attached hydrogen (secondary N) is 1. The van der Waals surface area contributed by atoms with Crippen molar-refractivity contribution >= 4 is 28.7 Å². The van der Waals surface area contributed by atoms with Crippen LogP contribution in [0.3, 0.4) is 0 Å². The third-order valence-electron chi connectivity index (χ3n) is 7.58. The summed E-state index contributed by atoms with van der Waals surface area (Å²) in [5, 5.41) is 14.6. The number of ether oxygens (including phenoxy) is 1. The number of furan rings is 1. The van der Waals surface area contributed by atoms with Crippen molar-refractivity contribution in [1.82, 2.24) is 20.1 Å². The van der Waals surface area contributed by atoms with E-state index in [1.165, 1.54) is 17.6 Å². The van der Waals surface area contributed by atoms with Crippen molar-refractivity contribution in [3.8, 4) is 6.07 Å². The van der Waals surface area contributed by atoms with Crippen LogP contribution in [0.2, 0.25) is 0 Å². The lowest BCUT2D eigenvalue weighted by Gasteiger charge is -2.27. The number of nitriles is 1. The van der Waals surface area contributed by atoms with Crippen LogP contribution in [0, 0.1) is 11.3 Å². The van der Waals surface area contributed by atoms with E-state index in [0.717, 1.165) is 49.3 Å². The van der Waals surface area contributed by atoms with E-state index in [0.29, 0.717) is 32.5 Å². The maximum atomic E-state index is 13.6. The number of hydrogen-bond acceptors (Lipinski definition) is 8. The van der Waals surface area contributed by atoms with Gasteiger partial charge in [-0.1, -0.05) is 42.5 Å². The largest absolute Gasteiger partial charge is 0.459 e. The molecule has 5 rings (SSSR count). The van der Waals surface area contributed by atoms with Gasteiger partial charge in [-0.2, -0.15) is 5.26 Å². The molecule has 2 atom stereocenters. The lowest BCUT2D eigenvalue weighted by Crippen LogP contribution is -2.50. The van der Waals surface area contributed by atoms with Gasteiger partial charge in [0.05, 0.1) is 24.1 Å². The summed E-state index contributed by atoms with van der Waals surface area (Å²) in [7, 11) is 0. The molecule has 2 amide bonds. The van der Waals surface area contributed by atoms with Crippen molar-refractivity contribution < 1.29 is 18.7 Å². The zero-order valence-electron chi connectivity index (χ0n) is 23.5. The van der Waals surface area contributed by atoms with Gasteiger partial charge >= 0.3 is 0 Å². The second-order valence-corrected chi connectivity index (χ2v) is 11.2. The predicted octanol–water partition coefficient (Wildman–Crippen LogP) is 4.32. The summed E-state index contributed by atoms with van der Waals surface area (Å²) in [6, 6.07) is 15.0. The van der Waals surface area contributed by atoms with Gasteiger partial charge < -0.3 is 24.3 Å². The van der Waals surface area contributed by atoms with Crippen LogP contribution < -0.4 is 5.32 Å². The number of nitrogens with zero attached hydrogens (tertiary/aromatic N) is 4. The van der Waals surface area contributed by atoms with Gasteiger partial charge in [0.15, 0.2) is 11.4 Å². The highest BCUT2D eigenvalue weighted by molar-refractivity contribution is 7.07. The highest BCUT2D eigenvalue weighted by Gasteiger charge is 2.31. The van der Waals surface area contributed by atoms with Gasteiger partial charge in [0.25, 0.3) is 5.91 Å². The highest BCUT2D eigenvalue weighted by Crippen LogP contribution is 2.29. The minimum atomic E-state index is -0.938. The first-order valence-corrected chi connectivity index (χ1v) is 15.2. The maximum absolute atomic E-state index is 13.6. The molecule has 10 heteroatoms. The van der Waals surface area contributed by atoms with E-state index >= 15 is 0 Å². The Labute approximate surface area is 250 Å². The van der Waals surface area contributed by atoms with E-state index in [1.54, 1.807) is 17.6 Å². The molecule has 2 aliphatic rings. The molecule has 3 aromatic rings. The van der Waals surface area contributed by atoms with E-state index in [1.807, 2.05) is 40.6 Å². The minimum absolute atomic E-state index is 0.115. The van der Waals surface area contributed by atoms with Gasteiger partial charge in [0.1, 0.15) is 12.1 Å². The Kier molecular flexibility index (Phi) is 9.98. The number of hydrogen-bond donors (Lipinski definition) is 1. The molecule has 1 aromatic carbocycles. The second-order valence-electron chi connectivity index (χ2n) is 10.5. The molecule has 1 saturated heterocycles. The smallest absolute Gasteiger partial charge is 0.287 e. The number of amides is 2. The summed E-state index contributed by atoms with van der Waals surface area (Å²) in [5.74, 6) is -0.360. The van der Waals surface area contributed by atoms with Crippen molar-refractivity contribution in [3.63, 3.8) is 0 Å². The molecule has 1 N–H and O–H groups in total. The van der Waals surface area contributed by atoms with Gasteiger partial charge in [-0.3, -0.25) is 9.59 Å². The zero-order chi connectivity index (χ0) is 29.2. The summed E-state index contributed by atoms with van der Waals surface area (Å²) < 4.78 is 11.3. The molecule has 3 heterocycles. The molecule has 1 aliphatic carbocycles. The van der Waals surface area contributed by atoms with Crippen molar-refractivity contribution in [2.75, 3.05) is 39.3 Å². The maximum Gasteiger partial charge on any atom is 0.287 e. The number of benzene rings is 1. The van der Waals surface area contributed by atoms with Gasteiger partial charge in [0.2, 0.25) is 5.91 Å². The number of aromatic nitrogens is 1. The van der Waals surface area contributed by atoms with E-state index in [4.69, 9.17) is 9.15 Å². The van der Waals surface area contributed by atoms with E-state index < -0.39 is 17.6 Å². The third kappa shape index (κ3) is 7.62. The van der Waals surface area contributed by atoms with Crippen LogP contribution in [0.25, 0.3) is 5.57 Å². The lowest BCUT2D eigenvalue weighted by atomic mass is 9.90. The van der Waals surface area contributed by atoms with Gasteiger partial charge in [-0.05, 0) is 48.7 Å². The monoisotopic (exact) mass is 585 g/mol. The molecule has 1 unspecified atom stereocenters. The molecule has 42 heavy (non-hydrogen) atoms. The Morgan fingerprint density at radius 3 is 2.76 bits per heavy atom. The Balaban J connectivity index is 1.09. The fourth-order valence-electron chi connectivity index (χ4n) is 5.25.